The van der Waals surface area contributed by atoms with E-state index in [0.717, 1.165) is 12.2 Å². The van der Waals surface area contributed by atoms with Crippen molar-refractivity contribution in [2.75, 3.05) is 13.2 Å². The Hall–Kier alpha value is -2.19. The van der Waals surface area contributed by atoms with Crippen LogP contribution < -0.4 is 0 Å². The highest BCUT2D eigenvalue weighted by molar-refractivity contribution is 5.79. The Bertz CT molecular complexity index is 310. The highest BCUT2D eigenvalue weighted by Crippen LogP contribution is 2.10. The average Bonchev–Trinajstić information content (AvgIpc) is 2.48. The second-order valence-electron chi connectivity index (χ2n) is 4.31. The molecule has 130 valence electrons. The second kappa shape index (κ2) is 18.8. The smallest absolute Gasteiger partial charge is 0.327 e. The van der Waals surface area contributed by atoms with Crippen molar-refractivity contribution in [3.05, 3.63) is 25.3 Å². The lowest BCUT2D eigenvalue weighted by Crippen LogP contribution is -2.20. The molecule has 8 heteroatoms. The van der Waals surface area contributed by atoms with E-state index in [1.807, 2.05) is 0 Å². The molecular formula is C14H26O8. The molecule has 0 amide bonds. The number of hydrogen-bond donors (Lipinski definition) is 5. The zero-order valence-electron chi connectivity index (χ0n) is 13.2. The normalized spacial score (nSPS) is 8.41. The third-order valence-corrected chi connectivity index (χ3v) is 1.51. The lowest BCUT2D eigenvalue weighted by Gasteiger charge is -2.16. The molecule has 0 fully saturated rings. The van der Waals surface area contributed by atoms with E-state index in [2.05, 4.69) is 13.2 Å². The SMILES string of the molecule is C=CC(=O)O.C=CC(=O)O.CC(C)(CO)CO.CCC(=O)O. The molecule has 0 aromatic heterocycles. The molecule has 0 aromatic carbocycles. The van der Waals surface area contributed by atoms with Gasteiger partial charge in [-0.05, 0) is 0 Å². The summed E-state index contributed by atoms with van der Waals surface area (Å²) in [5.41, 5.74) is -0.306. The molecule has 0 spiro atoms. The van der Waals surface area contributed by atoms with Crippen LogP contribution in [0.5, 0.6) is 0 Å². The van der Waals surface area contributed by atoms with E-state index in [-0.39, 0.29) is 25.0 Å². The van der Waals surface area contributed by atoms with E-state index >= 15 is 0 Å². The third-order valence-electron chi connectivity index (χ3n) is 1.51. The number of carboxylic acid groups (broad SMARTS) is 3. The molecule has 0 bridgehead atoms. The van der Waals surface area contributed by atoms with Crippen LogP contribution in [0.3, 0.4) is 0 Å². The number of aliphatic hydroxyl groups is 2. The van der Waals surface area contributed by atoms with Gasteiger partial charge in [0.1, 0.15) is 0 Å². The molecule has 0 saturated carbocycles. The van der Waals surface area contributed by atoms with Crippen molar-refractivity contribution in [3.8, 4) is 0 Å². The summed E-state index contributed by atoms with van der Waals surface area (Å²) in [6.45, 7) is 11.2. The molecule has 8 nitrogen and oxygen atoms in total. The van der Waals surface area contributed by atoms with Crippen molar-refractivity contribution in [1.82, 2.24) is 0 Å². The summed E-state index contributed by atoms with van der Waals surface area (Å²) < 4.78 is 0. The number of rotatable bonds is 5. The molecule has 0 aromatic rings. The number of aliphatic carboxylic acids is 3. The van der Waals surface area contributed by atoms with Crippen LogP contribution in [0.25, 0.3) is 0 Å². The topological polar surface area (TPSA) is 152 Å². The van der Waals surface area contributed by atoms with Gasteiger partial charge < -0.3 is 25.5 Å². The van der Waals surface area contributed by atoms with E-state index in [0.29, 0.717) is 0 Å². The third kappa shape index (κ3) is 52.3. The van der Waals surface area contributed by atoms with Crippen LogP contribution in [0, 0.1) is 5.41 Å². The maximum Gasteiger partial charge on any atom is 0.327 e. The van der Waals surface area contributed by atoms with Gasteiger partial charge in [0, 0.05) is 24.0 Å². The predicted octanol–water partition coefficient (Wildman–Crippen LogP) is 0.992. The standard InChI is InChI=1S/C5H12O2.C3H6O2.2C3H4O2/c1-5(2,3-6)4-7;3*1-2-3(4)5/h6-7H,3-4H2,1-2H3;2H2,1H3,(H,4,5);2*2H,1H2,(H,4,5). The van der Waals surface area contributed by atoms with Crippen molar-refractivity contribution in [2.24, 2.45) is 5.41 Å². The van der Waals surface area contributed by atoms with Crippen LogP contribution >= 0.6 is 0 Å². The molecular weight excluding hydrogens is 296 g/mol. The Kier molecular flexibility index (Phi) is 24.0. The monoisotopic (exact) mass is 322 g/mol. The molecule has 0 heterocycles. The Morgan fingerprint density at radius 1 is 0.909 bits per heavy atom. The molecule has 0 atom stereocenters. The first-order chi connectivity index (χ1) is 9.93. The van der Waals surface area contributed by atoms with Crippen LogP contribution in [0.2, 0.25) is 0 Å². The van der Waals surface area contributed by atoms with E-state index in [9.17, 15) is 14.4 Å². The molecule has 0 unspecified atom stereocenters. The van der Waals surface area contributed by atoms with Gasteiger partial charge in [0.2, 0.25) is 0 Å². The quantitative estimate of drug-likeness (QED) is 0.470. The van der Waals surface area contributed by atoms with Gasteiger partial charge in [0.05, 0.1) is 13.2 Å². The zero-order chi connectivity index (χ0) is 18.8. The number of carboxylic acids is 3. The summed E-state index contributed by atoms with van der Waals surface area (Å²) >= 11 is 0. The summed E-state index contributed by atoms with van der Waals surface area (Å²) in [4.78, 5) is 27.9. The van der Waals surface area contributed by atoms with Crippen LogP contribution in [-0.2, 0) is 14.4 Å². The van der Waals surface area contributed by atoms with Crippen LogP contribution in [0.15, 0.2) is 25.3 Å². The molecule has 5 N–H and O–H groups in total. The highest BCUT2D eigenvalue weighted by Gasteiger charge is 2.13. The Morgan fingerprint density at radius 3 is 1.09 bits per heavy atom. The summed E-state index contributed by atoms with van der Waals surface area (Å²) in [7, 11) is 0. The first-order valence-corrected chi connectivity index (χ1v) is 6.08. The van der Waals surface area contributed by atoms with Gasteiger partial charge in [-0.2, -0.15) is 0 Å². The molecule has 0 radical (unpaired) electrons. The van der Waals surface area contributed by atoms with Crippen LogP contribution in [0.4, 0.5) is 0 Å². The van der Waals surface area contributed by atoms with Crippen molar-refractivity contribution in [2.45, 2.75) is 27.2 Å². The van der Waals surface area contributed by atoms with Gasteiger partial charge in [-0.25, -0.2) is 9.59 Å². The number of carbonyl (C=O) groups is 3. The van der Waals surface area contributed by atoms with Crippen molar-refractivity contribution in [3.63, 3.8) is 0 Å². The van der Waals surface area contributed by atoms with Crippen LogP contribution in [0.1, 0.15) is 27.2 Å². The van der Waals surface area contributed by atoms with Gasteiger partial charge in [0.15, 0.2) is 0 Å². The number of hydrogen-bond acceptors (Lipinski definition) is 5. The van der Waals surface area contributed by atoms with E-state index in [4.69, 9.17) is 25.5 Å². The highest BCUT2D eigenvalue weighted by atomic mass is 16.4. The minimum atomic E-state index is -0.981. The maximum absolute atomic E-state index is 9.37. The van der Waals surface area contributed by atoms with Gasteiger partial charge in [-0.1, -0.05) is 33.9 Å². The molecule has 0 aliphatic carbocycles. The van der Waals surface area contributed by atoms with Gasteiger partial charge >= 0.3 is 17.9 Å². The van der Waals surface area contributed by atoms with E-state index in [1.54, 1.807) is 20.8 Å². The molecule has 0 saturated heterocycles. The first-order valence-electron chi connectivity index (χ1n) is 6.08. The lowest BCUT2D eigenvalue weighted by molar-refractivity contribution is -0.136. The van der Waals surface area contributed by atoms with Crippen LogP contribution in [-0.4, -0.2) is 56.7 Å². The van der Waals surface area contributed by atoms with Crippen molar-refractivity contribution >= 4 is 17.9 Å². The Labute approximate surface area is 130 Å². The molecule has 0 aliphatic rings. The second-order valence-corrected chi connectivity index (χ2v) is 4.31. The van der Waals surface area contributed by atoms with Crippen molar-refractivity contribution < 1.29 is 39.9 Å². The van der Waals surface area contributed by atoms with Crippen molar-refractivity contribution in [1.29, 1.82) is 0 Å². The largest absolute Gasteiger partial charge is 0.481 e. The van der Waals surface area contributed by atoms with Gasteiger partial charge in [-0.15, -0.1) is 0 Å². The Morgan fingerprint density at radius 2 is 1.09 bits per heavy atom. The van der Waals surface area contributed by atoms with E-state index < -0.39 is 17.9 Å². The minimum absolute atomic E-state index is 0.0451. The fraction of sp³-hybridized carbons (Fsp3) is 0.500. The molecule has 0 rings (SSSR count). The fourth-order valence-corrected chi connectivity index (χ4v) is 0.0500. The Balaban J connectivity index is -0.0000000995. The molecule has 22 heavy (non-hydrogen) atoms. The minimum Gasteiger partial charge on any atom is -0.481 e. The summed E-state index contributed by atoms with van der Waals surface area (Å²) in [5.74, 6) is -2.71. The summed E-state index contributed by atoms with van der Waals surface area (Å²) in [5, 5.41) is 39.8. The summed E-state index contributed by atoms with van der Waals surface area (Å²) in [6, 6.07) is 0. The maximum atomic E-state index is 9.37. The summed E-state index contributed by atoms with van der Waals surface area (Å²) in [6.07, 6.45) is 1.89. The predicted molar refractivity (Wildman–Crippen MR) is 81.5 cm³/mol. The molecule has 0 aliphatic heterocycles. The van der Waals surface area contributed by atoms with Gasteiger partial charge in [-0.3, -0.25) is 4.79 Å². The average molecular weight is 322 g/mol. The van der Waals surface area contributed by atoms with Gasteiger partial charge in [0.25, 0.3) is 0 Å². The van der Waals surface area contributed by atoms with E-state index in [1.165, 1.54) is 0 Å². The first kappa shape index (κ1) is 28.0. The fourth-order valence-electron chi connectivity index (χ4n) is 0.0500. The zero-order valence-corrected chi connectivity index (χ0v) is 13.2. The number of aliphatic hydroxyl groups excluding tert-OH is 2. The lowest BCUT2D eigenvalue weighted by atomic mass is 9.97.